The van der Waals surface area contributed by atoms with Gasteiger partial charge in [-0.3, -0.25) is 14.2 Å². The fourth-order valence-electron chi connectivity index (χ4n) is 3.59. The van der Waals surface area contributed by atoms with Gasteiger partial charge in [-0.1, -0.05) is 40.2 Å². The first-order valence-corrected chi connectivity index (χ1v) is 11.4. The van der Waals surface area contributed by atoms with Gasteiger partial charge in [0.25, 0.3) is 5.91 Å². The molecule has 2 aromatic rings. The normalized spacial score (nSPS) is 13.6. The molecule has 0 saturated heterocycles. The summed E-state index contributed by atoms with van der Waals surface area (Å²) in [5, 5.41) is 9.85. The summed E-state index contributed by atoms with van der Waals surface area (Å²) in [5.41, 5.74) is -0.809. The van der Waals surface area contributed by atoms with Crippen molar-refractivity contribution in [1.82, 2.24) is 9.36 Å². The number of amides is 1. The summed E-state index contributed by atoms with van der Waals surface area (Å²) in [6, 6.07) is 4.78. The number of ether oxygens (including phenoxy) is 1. The Labute approximate surface area is 199 Å². The number of nitrogens with zero attached hydrogens (tertiary/aromatic N) is 3. The van der Waals surface area contributed by atoms with Gasteiger partial charge in [0.05, 0.1) is 24.4 Å². The fraction of sp³-hybridized carbons (Fsp3) is 0.600. The number of rotatable bonds is 8. The first-order chi connectivity index (χ1) is 15.5. The highest BCUT2D eigenvalue weighted by Crippen LogP contribution is 2.31. The van der Waals surface area contributed by atoms with E-state index in [0.29, 0.717) is 12.0 Å². The quantitative estimate of drug-likeness (QED) is 0.576. The molecule has 0 saturated carbocycles. The molecular formula is C25H36F3N3O3. The van der Waals surface area contributed by atoms with E-state index in [2.05, 4.69) is 11.9 Å². The lowest BCUT2D eigenvalue weighted by Crippen LogP contribution is -2.26. The van der Waals surface area contributed by atoms with E-state index in [-0.39, 0.29) is 29.8 Å². The van der Waals surface area contributed by atoms with Crippen LogP contribution in [0.3, 0.4) is 0 Å². The van der Waals surface area contributed by atoms with E-state index in [9.17, 15) is 23.1 Å². The monoisotopic (exact) mass is 483 g/mol. The highest BCUT2D eigenvalue weighted by Gasteiger charge is 2.32. The molecule has 0 aliphatic rings. The van der Waals surface area contributed by atoms with Crippen LogP contribution in [0.2, 0.25) is 0 Å². The van der Waals surface area contributed by atoms with E-state index in [1.807, 2.05) is 43.2 Å². The Morgan fingerprint density at radius 2 is 1.76 bits per heavy atom. The van der Waals surface area contributed by atoms with E-state index in [1.54, 1.807) is 13.8 Å². The lowest BCUT2D eigenvalue weighted by atomic mass is 9.92. The predicted octanol–water partition coefficient (Wildman–Crippen LogP) is 4.97. The van der Waals surface area contributed by atoms with Crippen molar-refractivity contribution < 1.29 is 27.8 Å². The van der Waals surface area contributed by atoms with E-state index in [0.717, 1.165) is 30.7 Å². The standard InChI is InChI=1S/C25H36F3N3O3/c1-8-9-12-31-21(14-20(30(31)7)23(2,3)4)29-22(32)19-13-18(25(26,27)28)11-10-17(19)15-34-16-24(5,6)33/h10-11,13-14,33H,8-9,12,15-16H2,1-7H3/b29-21+. The van der Waals surface area contributed by atoms with Gasteiger partial charge in [0.2, 0.25) is 0 Å². The van der Waals surface area contributed by atoms with E-state index >= 15 is 0 Å². The zero-order valence-electron chi connectivity index (χ0n) is 21.1. The van der Waals surface area contributed by atoms with Gasteiger partial charge in [-0.2, -0.15) is 18.2 Å². The van der Waals surface area contributed by atoms with Crippen LogP contribution in [-0.2, 0) is 36.5 Å². The van der Waals surface area contributed by atoms with Gasteiger partial charge in [-0.25, -0.2) is 0 Å². The molecule has 0 radical (unpaired) electrons. The van der Waals surface area contributed by atoms with Crippen LogP contribution in [0.25, 0.3) is 0 Å². The molecule has 190 valence electrons. The Hall–Kier alpha value is -2.39. The van der Waals surface area contributed by atoms with Crippen molar-refractivity contribution in [3.63, 3.8) is 0 Å². The van der Waals surface area contributed by atoms with Crippen molar-refractivity contribution in [1.29, 1.82) is 0 Å². The zero-order chi connectivity index (χ0) is 25.9. The summed E-state index contributed by atoms with van der Waals surface area (Å²) in [4.78, 5) is 17.5. The number of hydrogen-bond donors (Lipinski definition) is 1. The summed E-state index contributed by atoms with van der Waals surface area (Å²) in [7, 11) is 1.89. The molecule has 9 heteroatoms. The predicted molar refractivity (Wildman–Crippen MR) is 124 cm³/mol. The molecule has 1 amide bonds. The second-order valence-electron chi connectivity index (χ2n) is 10.2. The fourth-order valence-corrected chi connectivity index (χ4v) is 3.59. The SMILES string of the molecule is CCCCn1/c(=N/C(=O)c2cc(C(F)(F)F)ccc2COCC(C)(C)O)cc(C(C)(C)C)n1C. The highest BCUT2D eigenvalue weighted by molar-refractivity contribution is 5.96. The van der Waals surface area contributed by atoms with Crippen molar-refractivity contribution in [3.05, 3.63) is 52.1 Å². The van der Waals surface area contributed by atoms with Gasteiger partial charge >= 0.3 is 6.18 Å². The van der Waals surface area contributed by atoms with Crippen LogP contribution < -0.4 is 5.49 Å². The third kappa shape index (κ3) is 7.30. The molecule has 0 atom stereocenters. The van der Waals surface area contributed by atoms with Gasteiger partial charge in [0.15, 0.2) is 5.49 Å². The van der Waals surface area contributed by atoms with Crippen molar-refractivity contribution in [2.45, 2.75) is 84.7 Å². The molecule has 0 aliphatic carbocycles. The summed E-state index contributed by atoms with van der Waals surface area (Å²) in [6.45, 7) is 11.8. The minimum Gasteiger partial charge on any atom is -0.388 e. The number of aromatic nitrogens is 2. The molecule has 2 rings (SSSR count). The second kappa shape index (κ2) is 10.5. The minimum atomic E-state index is -4.60. The highest BCUT2D eigenvalue weighted by atomic mass is 19.4. The van der Waals surface area contributed by atoms with Crippen LogP contribution in [0, 0.1) is 0 Å². The first-order valence-electron chi connectivity index (χ1n) is 11.4. The summed E-state index contributed by atoms with van der Waals surface area (Å²) in [6.07, 6.45) is -2.80. The maximum atomic E-state index is 13.4. The Balaban J connectivity index is 2.58. The number of halogens is 3. The Kier molecular flexibility index (Phi) is 8.58. The molecule has 0 fully saturated rings. The minimum absolute atomic E-state index is 0.0383. The average molecular weight is 484 g/mol. The number of hydrogen-bond acceptors (Lipinski definition) is 3. The second-order valence-corrected chi connectivity index (χ2v) is 10.2. The summed E-state index contributed by atoms with van der Waals surface area (Å²) in [5.74, 6) is -0.774. The number of unbranched alkanes of at least 4 members (excludes halogenated alkanes) is 1. The van der Waals surface area contributed by atoms with Gasteiger partial charge in [0.1, 0.15) is 0 Å². The lowest BCUT2D eigenvalue weighted by molar-refractivity contribution is -0.137. The largest absolute Gasteiger partial charge is 0.416 e. The zero-order valence-corrected chi connectivity index (χ0v) is 21.1. The van der Waals surface area contributed by atoms with Crippen LogP contribution in [0.1, 0.15) is 81.6 Å². The molecule has 1 heterocycles. The van der Waals surface area contributed by atoms with Gasteiger partial charge < -0.3 is 9.84 Å². The molecule has 1 aromatic heterocycles. The molecule has 0 unspecified atom stereocenters. The molecule has 0 aliphatic heterocycles. The molecular weight excluding hydrogens is 447 g/mol. The molecule has 0 bridgehead atoms. The van der Waals surface area contributed by atoms with Crippen LogP contribution in [0.15, 0.2) is 29.3 Å². The van der Waals surface area contributed by atoms with E-state index in [4.69, 9.17) is 4.74 Å². The number of carbonyl (C=O) groups excluding carboxylic acids is 1. The van der Waals surface area contributed by atoms with Crippen molar-refractivity contribution in [3.8, 4) is 0 Å². The molecule has 1 N–H and O–H groups in total. The van der Waals surface area contributed by atoms with Gasteiger partial charge in [-0.05, 0) is 38.0 Å². The van der Waals surface area contributed by atoms with Crippen LogP contribution >= 0.6 is 0 Å². The van der Waals surface area contributed by atoms with Crippen molar-refractivity contribution >= 4 is 5.91 Å². The number of alkyl halides is 3. The van der Waals surface area contributed by atoms with Crippen LogP contribution in [0.5, 0.6) is 0 Å². The summed E-state index contributed by atoms with van der Waals surface area (Å²) >= 11 is 0. The molecule has 6 nitrogen and oxygen atoms in total. The van der Waals surface area contributed by atoms with Crippen molar-refractivity contribution in [2.24, 2.45) is 12.0 Å². The molecule has 34 heavy (non-hydrogen) atoms. The third-order valence-electron chi connectivity index (χ3n) is 5.33. The van der Waals surface area contributed by atoms with E-state index in [1.165, 1.54) is 6.07 Å². The number of carbonyl (C=O) groups is 1. The molecule has 1 aromatic carbocycles. The Bertz CT molecular complexity index is 1070. The van der Waals surface area contributed by atoms with Crippen LogP contribution in [-0.4, -0.2) is 32.6 Å². The summed E-state index contributed by atoms with van der Waals surface area (Å²) < 4.78 is 49.4. The maximum absolute atomic E-state index is 13.4. The number of aliphatic hydroxyl groups is 1. The smallest absolute Gasteiger partial charge is 0.388 e. The molecule has 0 spiro atoms. The first kappa shape index (κ1) is 27.9. The van der Waals surface area contributed by atoms with E-state index < -0.39 is 23.2 Å². The van der Waals surface area contributed by atoms with Gasteiger partial charge in [0, 0.05) is 36.3 Å². The van der Waals surface area contributed by atoms with Crippen LogP contribution in [0.4, 0.5) is 13.2 Å². The lowest BCUT2D eigenvalue weighted by Gasteiger charge is -2.20. The van der Waals surface area contributed by atoms with Crippen molar-refractivity contribution in [2.75, 3.05) is 6.61 Å². The average Bonchev–Trinajstić information content (AvgIpc) is 3.00. The van der Waals surface area contributed by atoms with Gasteiger partial charge in [-0.15, -0.1) is 0 Å². The third-order valence-corrected chi connectivity index (χ3v) is 5.33. The topological polar surface area (TPSA) is 68.8 Å². The number of benzene rings is 1. The Morgan fingerprint density at radius 3 is 2.29 bits per heavy atom. The maximum Gasteiger partial charge on any atom is 0.416 e. The Morgan fingerprint density at radius 1 is 1.12 bits per heavy atom.